The fraction of sp³-hybridized carbons (Fsp3) is 0.458. The Labute approximate surface area is 168 Å². The van der Waals surface area contributed by atoms with Crippen molar-refractivity contribution in [1.82, 2.24) is 14.3 Å². The molecule has 28 heavy (non-hydrogen) atoms. The summed E-state index contributed by atoms with van der Waals surface area (Å²) in [4.78, 5) is 0. The summed E-state index contributed by atoms with van der Waals surface area (Å²) in [5.74, 6) is 1.18. The molecule has 1 aliphatic carbocycles. The van der Waals surface area contributed by atoms with Gasteiger partial charge in [-0.2, -0.15) is 5.10 Å². The molecule has 4 rings (SSSR count). The molecule has 0 amide bonds. The predicted molar refractivity (Wildman–Crippen MR) is 113 cm³/mol. The second-order valence-electron chi connectivity index (χ2n) is 9.08. The summed E-state index contributed by atoms with van der Waals surface area (Å²) < 4.78 is 10.7. The molecule has 0 aliphatic heterocycles. The largest absolute Gasteiger partial charge is 0.373 e. The summed E-state index contributed by atoms with van der Waals surface area (Å²) in [6.45, 7) is 11.7. The van der Waals surface area contributed by atoms with Gasteiger partial charge in [-0.05, 0) is 44.4 Å². The van der Waals surface area contributed by atoms with Crippen LogP contribution in [0.25, 0.3) is 5.82 Å². The van der Waals surface area contributed by atoms with Gasteiger partial charge in [-0.1, -0.05) is 51.1 Å². The van der Waals surface area contributed by atoms with Crippen molar-refractivity contribution in [3.8, 4) is 5.82 Å². The van der Waals surface area contributed by atoms with Gasteiger partial charge in [0.1, 0.15) is 5.82 Å². The number of aromatic nitrogens is 3. The van der Waals surface area contributed by atoms with Crippen molar-refractivity contribution in [2.45, 2.75) is 71.6 Å². The first-order valence-electron chi connectivity index (χ1n) is 10.2. The van der Waals surface area contributed by atoms with Crippen LogP contribution >= 0.6 is 0 Å². The number of nitrogens with zero attached hydrogens (tertiary/aromatic N) is 3. The van der Waals surface area contributed by atoms with Crippen LogP contribution < -0.4 is 0 Å². The SMILES string of the molecule is Cc1ccc(C)n1-c1cc(C(C)(C)C)nn1[C@H]1C[C@H](OCc2ccccc2)C1. The molecule has 0 spiro atoms. The average molecular weight is 378 g/mol. The van der Waals surface area contributed by atoms with Crippen LogP contribution in [0.3, 0.4) is 0 Å². The Hall–Kier alpha value is -2.33. The number of rotatable bonds is 5. The maximum absolute atomic E-state index is 6.12. The minimum Gasteiger partial charge on any atom is -0.373 e. The molecule has 0 radical (unpaired) electrons. The van der Waals surface area contributed by atoms with Crippen LogP contribution in [0.15, 0.2) is 48.5 Å². The minimum atomic E-state index is 0.0297. The fourth-order valence-electron chi connectivity index (χ4n) is 3.88. The van der Waals surface area contributed by atoms with E-state index in [1.165, 1.54) is 22.8 Å². The summed E-state index contributed by atoms with van der Waals surface area (Å²) in [5, 5.41) is 5.03. The van der Waals surface area contributed by atoms with Crippen molar-refractivity contribution in [2.75, 3.05) is 0 Å². The van der Waals surface area contributed by atoms with Crippen molar-refractivity contribution < 1.29 is 4.74 Å². The molecule has 2 heterocycles. The van der Waals surface area contributed by atoms with Gasteiger partial charge in [0, 0.05) is 22.9 Å². The topological polar surface area (TPSA) is 32.0 Å². The first kappa shape index (κ1) is 19.0. The zero-order valence-corrected chi connectivity index (χ0v) is 17.6. The maximum Gasteiger partial charge on any atom is 0.135 e. The number of benzene rings is 1. The molecule has 0 saturated heterocycles. The molecule has 4 heteroatoms. The third-order valence-electron chi connectivity index (χ3n) is 5.73. The smallest absolute Gasteiger partial charge is 0.135 e. The molecule has 0 N–H and O–H groups in total. The molecule has 3 aromatic rings. The zero-order valence-electron chi connectivity index (χ0n) is 17.6. The Bertz CT molecular complexity index is 921. The maximum atomic E-state index is 6.12. The summed E-state index contributed by atoms with van der Waals surface area (Å²) >= 11 is 0. The van der Waals surface area contributed by atoms with Crippen LogP contribution in [-0.4, -0.2) is 20.5 Å². The highest BCUT2D eigenvalue weighted by atomic mass is 16.5. The third-order valence-corrected chi connectivity index (χ3v) is 5.73. The van der Waals surface area contributed by atoms with Gasteiger partial charge in [-0.3, -0.25) is 0 Å². The molecular formula is C24H31N3O. The second-order valence-corrected chi connectivity index (χ2v) is 9.08. The van der Waals surface area contributed by atoms with Gasteiger partial charge in [0.25, 0.3) is 0 Å². The molecule has 148 valence electrons. The number of aryl methyl sites for hydroxylation is 2. The highest BCUT2D eigenvalue weighted by Gasteiger charge is 2.35. The molecule has 2 aromatic heterocycles. The highest BCUT2D eigenvalue weighted by molar-refractivity contribution is 5.36. The van der Waals surface area contributed by atoms with E-state index in [-0.39, 0.29) is 5.41 Å². The van der Waals surface area contributed by atoms with E-state index >= 15 is 0 Å². The lowest BCUT2D eigenvalue weighted by Gasteiger charge is -2.36. The van der Waals surface area contributed by atoms with Gasteiger partial charge in [-0.15, -0.1) is 0 Å². The Morgan fingerprint density at radius 1 is 1.00 bits per heavy atom. The molecule has 1 aliphatic rings. The van der Waals surface area contributed by atoms with Crippen LogP contribution in [-0.2, 0) is 16.8 Å². The molecule has 0 atom stereocenters. The van der Waals surface area contributed by atoms with E-state index in [4.69, 9.17) is 9.84 Å². The Morgan fingerprint density at radius 3 is 2.25 bits per heavy atom. The minimum absolute atomic E-state index is 0.0297. The normalized spacial score (nSPS) is 19.6. The van der Waals surface area contributed by atoms with E-state index in [2.05, 4.69) is 86.3 Å². The molecule has 1 aromatic carbocycles. The second kappa shape index (κ2) is 7.25. The third kappa shape index (κ3) is 3.66. The van der Waals surface area contributed by atoms with Crippen molar-refractivity contribution in [2.24, 2.45) is 0 Å². The Kier molecular flexibility index (Phi) is 4.92. The van der Waals surface area contributed by atoms with Crippen LogP contribution in [0, 0.1) is 13.8 Å². The quantitative estimate of drug-likeness (QED) is 0.587. The molecule has 1 saturated carbocycles. The standard InChI is InChI=1S/C24H31N3O/c1-17-11-12-18(2)26(17)23-15-22(24(3,4)5)25-27(23)20-13-21(14-20)28-16-19-9-7-6-8-10-19/h6-12,15,20-21H,13-14,16H2,1-5H3/t20-,21-. The van der Waals surface area contributed by atoms with Gasteiger partial charge < -0.3 is 9.30 Å². The average Bonchev–Trinajstić information content (AvgIpc) is 3.18. The number of hydrogen-bond acceptors (Lipinski definition) is 2. The zero-order chi connectivity index (χ0) is 19.9. The Morgan fingerprint density at radius 2 is 1.64 bits per heavy atom. The van der Waals surface area contributed by atoms with Gasteiger partial charge in [0.15, 0.2) is 0 Å². The molecule has 0 bridgehead atoms. The van der Waals surface area contributed by atoms with Gasteiger partial charge in [0.2, 0.25) is 0 Å². The number of hydrogen-bond donors (Lipinski definition) is 0. The monoisotopic (exact) mass is 377 g/mol. The van der Waals surface area contributed by atoms with E-state index in [1.807, 2.05) is 6.07 Å². The summed E-state index contributed by atoms with van der Waals surface area (Å²) in [7, 11) is 0. The van der Waals surface area contributed by atoms with Gasteiger partial charge in [-0.25, -0.2) is 4.68 Å². The van der Waals surface area contributed by atoms with E-state index in [9.17, 15) is 0 Å². The first-order chi connectivity index (χ1) is 13.3. The lowest BCUT2D eigenvalue weighted by Crippen LogP contribution is -2.35. The Balaban J connectivity index is 1.52. The van der Waals surface area contributed by atoms with E-state index < -0.39 is 0 Å². The highest BCUT2D eigenvalue weighted by Crippen LogP contribution is 2.38. The lowest BCUT2D eigenvalue weighted by molar-refractivity contribution is -0.0384. The molecule has 4 nitrogen and oxygen atoms in total. The fourth-order valence-corrected chi connectivity index (χ4v) is 3.88. The molecule has 0 unspecified atom stereocenters. The summed E-state index contributed by atoms with van der Waals surface area (Å²) in [6.07, 6.45) is 2.35. The van der Waals surface area contributed by atoms with Crippen LogP contribution in [0.5, 0.6) is 0 Å². The van der Waals surface area contributed by atoms with Crippen LogP contribution in [0.2, 0.25) is 0 Å². The van der Waals surface area contributed by atoms with Gasteiger partial charge >= 0.3 is 0 Å². The number of ether oxygens (including phenoxy) is 1. The van der Waals surface area contributed by atoms with Crippen LogP contribution in [0.1, 0.15) is 62.3 Å². The van der Waals surface area contributed by atoms with E-state index in [0.717, 1.165) is 18.5 Å². The lowest BCUT2D eigenvalue weighted by atomic mass is 9.89. The van der Waals surface area contributed by atoms with Crippen molar-refractivity contribution in [3.05, 3.63) is 71.2 Å². The van der Waals surface area contributed by atoms with Crippen molar-refractivity contribution in [3.63, 3.8) is 0 Å². The molecular weight excluding hydrogens is 346 g/mol. The predicted octanol–water partition coefficient (Wildman–Crippen LogP) is 5.51. The summed E-state index contributed by atoms with van der Waals surface area (Å²) in [6, 6.07) is 17.4. The molecule has 1 fully saturated rings. The van der Waals surface area contributed by atoms with Crippen LogP contribution in [0.4, 0.5) is 0 Å². The van der Waals surface area contributed by atoms with Gasteiger partial charge in [0.05, 0.1) is 24.4 Å². The summed E-state index contributed by atoms with van der Waals surface area (Å²) in [5.41, 5.74) is 4.90. The van der Waals surface area contributed by atoms with E-state index in [1.54, 1.807) is 0 Å². The van der Waals surface area contributed by atoms with E-state index in [0.29, 0.717) is 18.8 Å². The van der Waals surface area contributed by atoms with Crippen molar-refractivity contribution >= 4 is 0 Å². The first-order valence-corrected chi connectivity index (χ1v) is 10.2. The van der Waals surface area contributed by atoms with Crippen molar-refractivity contribution in [1.29, 1.82) is 0 Å².